The lowest BCUT2D eigenvalue weighted by Gasteiger charge is -1.94. The topological polar surface area (TPSA) is 91.1 Å². The third kappa shape index (κ3) is 1.61. The maximum atomic E-state index is 11.1. The summed E-state index contributed by atoms with van der Waals surface area (Å²) in [6, 6.07) is 1.61. The van der Waals surface area contributed by atoms with E-state index in [1.54, 1.807) is 27.7 Å². The first-order valence-corrected chi connectivity index (χ1v) is 5.28. The fourth-order valence-corrected chi connectivity index (χ4v) is 1.70. The lowest BCUT2D eigenvalue weighted by molar-refractivity contribution is 0.1000. The van der Waals surface area contributed by atoms with Crippen LogP contribution in [-0.4, -0.2) is 30.3 Å². The molecule has 0 unspecified atom stereocenters. The molecule has 0 aliphatic rings. The summed E-state index contributed by atoms with van der Waals surface area (Å²) in [6.45, 7) is 0. The summed E-state index contributed by atoms with van der Waals surface area (Å²) in [5, 5.41) is 8.16. The molecule has 0 fully saturated rings. The van der Waals surface area contributed by atoms with Gasteiger partial charge in [-0.15, -0.1) is 0 Å². The number of carbonyl (C=O) groups excluding carboxylic acids is 1. The average Bonchev–Trinajstić information content (AvgIpc) is 2.93. The Morgan fingerprint density at radius 2 is 2.11 bits per heavy atom. The highest BCUT2D eigenvalue weighted by atomic mass is 16.1. The molecule has 0 bridgehead atoms. The smallest absolute Gasteiger partial charge is 0.250 e. The van der Waals surface area contributed by atoms with E-state index < -0.39 is 5.91 Å². The summed E-state index contributed by atoms with van der Waals surface area (Å²) < 4.78 is 3.29. The molecular formula is C11H10N6O. The molecule has 3 heterocycles. The number of aryl methyl sites for hydroxylation is 1. The van der Waals surface area contributed by atoms with Crippen LogP contribution < -0.4 is 5.73 Å². The lowest BCUT2D eigenvalue weighted by atomic mass is 10.3. The van der Waals surface area contributed by atoms with E-state index in [2.05, 4.69) is 15.2 Å². The predicted octanol–water partition coefficient (Wildman–Crippen LogP) is 0.229. The van der Waals surface area contributed by atoms with Crippen LogP contribution in [0.5, 0.6) is 0 Å². The number of hydrogen-bond acceptors (Lipinski definition) is 4. The summed E-state index contributed by atoms with van der Waals surface area (Å²) in [6.07, 6.45) is 6.77. The normalized spacial score (nSPS) is 10.9. The molecule has 0 radical (unpaired) electrons. The molecule has 0 aliphatic carbocycles. The molecule has 2 N–H and O–H groups in total. The van der Waals surface area contributed by atoms with Gasteiger partial charge in [-0.25, -0.2) is 9.50 Å². The van der Waals surface area contributed by atoms with E-state index in [0.717, 1.165) is 11.3 Å². The van der Waals surface area contributed by atoms with Gasteiger partial charge in [0.05, 0.1) is 29.8 Å². The van der Waals surface area contributed by atoms with Gasteiger partial charge in [-0.2, -0.15) is 10.2 Å². The number of rotatable bonds is 2. The lowest BCUT2D eigenvalue weighted by Crippen LogP contribution is -2.11. The third-order valence-corrected chi connectivity index (χ3v) is 2.61. The van der Waals surface area contributed by atoms with E-state index in [1.807, 2.05) is 13.2 Å². The SMILES string of the molecule is Cn1cc(-c2cn3ncc(C(N)=O)cc3n2)cn1. The van der Waals surface area contributed by atoms with Crippen molar-refractivity contribution in [3.8, 4) is 11.3 Å². The molecule has 7 nitrogen and oxygen atoms in total. The third-order valence-electron chi connectivity index (χ3n) is 2.61. The Hall–Kier alpha value is -2.70. The average molecular weight is 242 g/mol. The van der Waals surface area contributed by atoms with E-state index in [1.165, 1.54) is 6.20 Å². The number of primary amides is 1. The highest BCUT2D eigenvalue weighted by Gasteiger charge is 2.09. The fraction of sp³-hybridized carbons (Fsp3) is 0.0909. The van der Waals surface area contributed by atoms with Crippen LogP contribution in [0.3, 0.4) is 0 Å². The standard InChI is InChI=1S/C11H10N6O/c1-16-5-8(4-13-16)9-6-17-10(15-9)2-7(3-14-17)11(12)18/h2-6H,1H3,(H2,12,18). The quantitative estimate of drug-likeness (QED) is 0.696. The zero-order chi connectivity index (χ0) is 12.7. The second-order valence-electron chi connectivity index (χ2n) is 3.94. The molecule has 0 aliphatic heterocycles. The van der Waals surface area contributed by atoms with Gasteiger partial charge >= 0.3 is 0 Å². The maximum absolute atomic E-state index is 11.1. The molecular weight excluding hydrogens is 232 g/mol. The second kappa shape index (κ2) is 3.66. The number of fused-ring (bicyclic) bond motifs is 1. The van der Waals surface area contributed by atoms with Gasteiger partial charge in [0.1, 0.15) is 0 Å². The van der Waals surface area contributed by atoms with Gasteiger partial charge in [0, 0.05) is 18.8 Å². The van der Waals surface area contributed by atoms with Crippen molar-refractivity contribution in [3.63, 3.8) is 0 Å². The molecule has 90 valence electrons. The Balaban J connectivity index is 2.13. The summed E-state index contributed by atoms with van der Waals surface area (Å²) in [7, 11) is 1.84. The first kappa shape index (κ1) is 10.5. The van der Waals surface area contributed by atoms with Crippen molar-refractivity contribution in [1.29, 1.82) is 0 Å². The maximum Gasteiger partial charge on any atom is 0.250 e. The van der Waals surface area contributed by atoms with Crippen molar-refractivity contribution in [3.05, 3.63) is 36.4 Å². The van der Waals surface area contributed by atoms with E-state index in [4.69, 9.17) is 5.73 Å². The highest BCUT2D eigenvalue weighted by molar-refractivity contribution is 5.93. The largest absolute Gasteiger partial charge is 0.366 e. The van der Waals surface area contributed by atoms with Gasteiger partial charge < -0.3 is 5.73 Å². The van der Waals surface area contributed by atoms with E-state index in [-0.39, 0.29) is 0 Å². The van der Waals surface area contributed by atoms with Crippen molar-refractivity contribution in [2.75, 3.05) is 0 Å². The molecule has 3 aromatic heterocycles. The summed E-state index contributed by atoms with van der Waals surface area (Å²) in [5.74, 6) is -0.518. The number of nitrogens with two attached hydrogens (primary N) is 1. The highest BCUT2D eigenvalue weighted by Crippen LogP contribution is 2.17. The van der Waals surface area contributed by atoms with Crippen LogP contribution in [0.1, 0.15) is 10.4 Å². The monoisotopic (exact) mass is 242 g/mol. The van der Waals surface area contributed by atoms with Crippen LogP contribution >= 0.6 is 0 Å². The van der Waals surface area contributed by atoms with Crippen molar-refractivity contribution in [2.24, 2.45) is 12.8 Å². The minimum Gasteiger partial charge on any atom is -0.366 e. The molecule has 0 saturated carbocycles. The van der Waals surface area contributed by atoms with Crippen molar-refractivity contribution in [2.45, 2.75) is 0 Å². The molecule has 7 heteroatoms. The van der Waals surface area contributed by atoms with Gasteiger partial charge in [-0.05, 0) is 6.07 Å². The Morgan fingerprint density at radius 3 is 2.78 bits per heavy atom. The Bertz CT molecular complexity index is 741. The van der Waals surface area contributed by atoms with Gasteiger partial charge in [-0.3, -0.25) is 9.48 Å². The molecule has 1 amide bonds. The number of aromatic nitrogens is 5. The number of imidazole rings is 1. The minimum atomic E-state index is -0.518. The van der Waals surface area contributed by atoms with E-state index in [0.29, 0.717) is 11.2 Å². The molecule has 0 atom stereocenters. The zero-order valence-corrected chi connectivity index (χ0v) is 9.61. The number of amides is 1. The fourth-order valence-electron chi connectivity index (χ4n) is 1.70. The number of nitrogens with zero attached hydrogens (tertiary/aromatic N) is 5. The Kier molecular flexibility index (Phi) is 2.12. The van der Waals surface area contributed by atoms with Crippen LogP contribution in [0.2, 0.25) is 0 Å². The summed E-state index contributed by atoms with van der Waals surface area (Å²) >= 11 is 0. The molecule has 0 saturated heterocycles. The predicted molar refractivity (Wildman–Crippen MR) is 63.7 cm³/mol. The van der Waals surface area contributed by atoms with Crippen LogP contribution in [0.25, 0.3) is 16.9 Å². The van der Waals surface area contributed by atoms with Crippen molar-refractivity contribution >= 4 is 11.6 Å². The van der Waals surface area contributed by atoms with Crippen molar-refractivity contribution < 1.29 is 4.79 Å². The molecule has 0 aromatic carbocycles. The molecule has 0 spiro atoms. The van der Waals surface area contributed by atoms with E-state index >= 15 is 0 Å². The number of carbonyl (C=O) groups is 1. The van der Waals surface area contributed by atoms with Crippen LogP contribution in [0.15, 0.2) is 30.9 Å². The van der Waals surface area contributed by atoms with Crippen LogP contribution in [0.4, 0.5) is 0 Å². The van der Waals surface area contributed by atoms with Gasteiger partial charge in [0.25, 0.3) is 0 Å². The minimum absolute atomic E-state index is 0.339. The summed E-state index contributed by atoms with van der Waals surface area (Å²) in [4.78, 5) is 15.4. The Labute approximate surface area is 102 Å². The van der Waals surface area contributed by atoms with Crippen LogP contribution in [0, 0.1) is 0 Å². The first-order chi connectivity index (χ1) is 8.63. The van der Waals surface area contributed by atoms with Gasteiger partial charge in [0.15, 0.2) is 5.65 Å². The molecule has 18 heavy (non-hydrogen) atoms. The zero-order valence-electron chi connectivity index (χ0n) is 9.61. The summed E-state index contributed by atoms with van der Waals surface area (Å²) in [5.41, 5.74) is 7.75. The number of hydrogen-bond donors (Lipinski definition) is 1. The van der Waals surface area contributed by atoms with Gasteiger partial charge in [-0.1, -0.05) is 0 Å². The molecule has 3 rings (SSSR count). The Morgan fingerprint density at radius 1 is 1.28 bits per heavy atom. The van der Waals surface area contributed by atoms with E-state index in [9.17, 15) is 4.79 Å². The van der Waals surface area contributed by atoms with Crippen LogP contribution in [-0.2, 0) is 7.05 Å². The van der Waals surface area contributed by atoms with Gasteiger partial charge in [0.2, 0.25) is 5.91 Å². The first-order valence-electron chi connectivity index (χ1n) is 5.28. The second-order valence-corrected chi connectivity index (χ2v) is 3.94. The molecule has 3 aromatic rings. The van der Waals surface area contributed by atoms with Crippen molar-refractivity contribution in [1.82, 2.24) is 24.4 Å².